The first-order chi connectivity index (χ1) is 10.6. The topological polar surface area (TPSA) is 84.7 Å². The molecule has 0 atom stereocenters. The summed E-state index contributed by atoms with van der Waals surface area (Å²) in [4.78, 5) is 23.7. The van der Waals surface area contributed by atoms with Gasteiger partial charge in [0.2, 0.25) is 0 Å². The Labute approximate surface area is 138 Å². The highest BCUT2D eigenvalue weighted by Gasteiger charge is 2.17. The Hall–Kier alpha value is -1.31. The van der Waals surface area contributed by atoms with Crippen LogP contribution in [0.25, 0.3) is 0 Å². The third kappa shape index (κ3) is 3.71. The van der Waals surface area contributed by atoms with Gasteiger partial charge in [-0.2, -0.15) is 11.8 Å². The van der Waals surface area contributed by atoms with Crippen LogP contribution >= 0.6 is 23.5 Å². The first-order valence-electron chi connectivity index (χ1n) is 6.96. The van der Waals surface area contributed by atoms with Gasteiger partial charge in [0, 0.05) is 34.7 Å². The molecule has 0 unspecified atom stereocenters. The molecule has 3 rings (SSSR count). The van der Waals surface area contributed by atoms with Crippen molar-refractivity contribution in [3.8, 4) is 0 Å². The second-order valence-corrected chi connectivity index (χ2v) is 6.72. The van der Waals surface area contributed by atoms with Crippen LogP contribution in [0.2, 0.25) is 0 Å². The van der Waals surface area contributed by atoms with Crippen molar-refractivity contribution in [3.63, 3.8) is 0 Å². The summed E-state index contributed by atoms with van der Waals surface area (Å²) in [6.07, 6.45) is 1.82. The second kappa shape index (κ2) is 7.80. The summed E-state index contributed by atoms with van der Waals surface area (Å²) < 4.78 is 0. The van der Waals surface area contributed by atoms with Gasteiger partial charge in [0.1, 0.15) is 0 Å². The van der Waals surface area contributed by atoms with Crippen LogP contribution in [0.1, 0.15) is 28.1 Å². The van der Waals surface area contributed by atoms with Crippen LogP contribution in [-0.2, 0) is 17.3 Å². The molecule has 0 aromatic carbocycles. The standard InChI is InChI=1S/C14H15N3OS2.CH5N/c1-8-3-4-15-9(2)10(8)6-20-14-16-12-7-19-5-11(12)13(18)17-14;1-2/h3-4H,5-7H2,1-2H3,(H,16,17,18);2H2,1H3. The van der Waals surface area contributed by atoms with Crippen LogP contribution in [0.15, 0.2) is 22.2 Å². The molecule has 0 radical (unpaired) electrons. The number of aromatic nitrogens is 3. The summed E-state index contributed by atoms with van der Waals surface area (Å²) in [5.41, 5.74) is 9.78. The van der Waals surface area contributed by atoms with E-state index in [2.05, 4.69) is 27.6 Å². The number of hydrogen-bond acceptors (Lipinski definition) is 6. The third-order valence-electron chi connectivity index (χ3n) is 3.42. The van der Waals surface area contributed by atoms with Gasteiger partial charge in [-0.25, -0.2) is 4.98 Å². The maximum absolute atomic E-state index is 11.9. The Bertz CT molecular complexity index is 695. The molecular formula is C15H20N4OS2. The molecule has 1 aliphatic heterocycles. The van der Waals surface area contributed by atoms with Gasteiger partial charge in [-0.15, -0.1) is 0 Å². The van der Waals surface area contributed by atoms with Crippen LogP contribution < -0.4 is 11.3 Å². The first-order valence-corrected chi connectivity index (χ1v) is 9.10. The lowest BCUT2D eigenvalue weighted by Gasteiger charge is -2.08. The van der Waals surface area contributed by atoms with Crippen molar-refractivity contribution < 1.29 is 0 Å². The summed E-state index contributed by atoms with van der Waals surface area (Å²) in [6, 6.07) is 2.01. The number of nitrogens with two attached hydrogens (primary N) is 1. The number of aryl methyl sites for hydroxylation is 2. The number of thioether (sulfide) groups is 2. The Morgan fingerprint density at radius 1 is 1.36 bits per heavy atom. The van der Waals surface area contributed by atoms with Crippen LogP contribution in [0.5, 0.6) is 0 Å². The van der Waals surface area contributed by atoms with E-state index in [1.54, 1.807) is 23.5 Å². The summed E-state index contributed by atoms with van der Waals surface area (Å²) >= 11 is 3.31. The van der Waals surface area contributed by atoms with Gasteiger partial charge in [-0.05, 0) is 38.1 Å². The highest BCUT2D eigenvalue weighted by atomic mass is 32.2. The molecule has 1 aliphatic rings. The van der Waals surface area contributed by atoms with Crippen LogP contribution in [0.4, 0.5) is 0 Å². The Kier molecular flexibility index (Phi) is 6.05. The number of pyridine rings is 1. The number of hydrogen-bond donors (Lipinski definition) is 2. The molecule has 2 aromatic heterocycles. The maximum atomic E-state index is 11.9. The molecule has 7 heteroatoms. The van der Waals surface area contributed by atoms with Gasteiger partial charge in [0.15, 0.2) is 5.16 Å². The molecule has 0 aliphatic carbocycles. The van der Waals surface area contributed by atoms with Gasteiger partial charge in [0.25, 0.3) is 5.56 Å². The zero-order valence-corrected chi connectivity index (χ0v) is 14.6. The van der Waals surface area contributed by atoms with E-state index in [4.69, 9.17) is 0 Å². The molecule has 0 amide bonds. The van der Waals surface area contributed by atoms with Crippen molar-refractivity contribution in [2.75, 3.05) is 7.05 Å². The Morgan fingerprint density at radius 2 is 2.14 bits per heavy atom. The van der Waals surface area contributed by atoms with Gasteiger partial charge in [-0.3, -0.25) is 9.78 Å². The fourth-order valence-electron chi connectivity index (χ4n) is 2.19. The quantitative estimate of drug-likeness (QED) is 0.661. The normalized spacial score (nSPS) is 12.5. The number of H-pyrrole nitrogens is 1. The molecule has 3 heterocycles. The molecule has 0 spiro atoms. The van der Waals surface area contributed by atoms with Gasteiger partial charge < -0.3 is 10.7 Å². The zero-order valence-electron chi connectivity index (χ0n) is 13.0. The molecule has 2 aromatic rings. The highest BCUT2D eigenvalue weighted by Crippen LogP contribution is 2.28. The van der Waals surface area contributed by atoms with Crippen molar-refractivity contribution in [2.24, 2.45) is 5.73 Å². The van der Waals surface area contributed by atoms with Gasteiger partial charge >= 0.3 is 0 Å². The smallest absolute Gasteiger partial charge is 0.255 e. The van der Waals surface area contributed by atoms with Gasteiger partial charge in [0.05, 0.1) is 5.69 Å². The summed E-state index contributed by atoms with van der Waals surface area (Å²) in [5, 5.41) is 0.707. The van der Waals surface area contributed by atoms with E-state index in [-0.39, 0.29) is 5.56 Å². The lowest BCUT2D eigenvalue weighted by atomic mass is 10.1. The van der Waals surface area contributed by atoms with E-state index in [1.807, 2.05) is 19.2 Å². The van der Waals surface area contributed by atoms with Crippen LogP contribution in [0, 0.1) is 13.8 Å². The average Bonchev–Trinajstić information content (AvgIpc) is 2.98. The summed E-state index contributed by atoms with van der Waals surface area (Å²) in [5.74, 6) is 2.40. The first kappa shape index (κ1) is 17.1. The molecule has 118 valence electrons. The molecular weight excluding hydrogens is 316 g/mol. The monoisotopic (exact) mass is 336 g/mol. The van der Waals surface area contributed by atoms with E-state index in [9.17, 15) is 4.79 Å². The number of fused-ring (bicyclic) bond motifs is 1. The Balaban J connectivity index is 0.000000847. The molecule has 0 bridgehead atoms. The van der Waals surface area contributed by atoms with Crippen molar-refractivity contribution in [3.05, 3.63) is 50.7 Å². The second-order valence-electron chi connectivity index (χ2n) is 4.77. The lowest BCUT2D eigenvalue weighted by Crippen LogP contribution is -2.14. The molecule has 0 saturated heterocycles. The van der Waals surface area contributed by atoms with Crippen molar-refractivity contribution in [2.45, 2.75) is 36.3 Å². The zero-order chi connectivity index (χ0) is 16.1. The average molecular weight is 336 g/mol. The van der Waals surface area contributed by atoms with E-state index < -0.39 is 0 Å². The SMILES string of the molecule is CN.Cc1ccnc(C)c1CSc1nc2c(c(=O)[nH]1)CSC2. The van der Waals surface area contributed by atoms with Crippen LogP contribution in [-0.4, -0.2) is 22.0 Å². The summed E-state index contributed by atoms with van der Waals surface area (Å²) in [6.45, 7) is 4.10. The minimum absolute atomic E-state index is 0.0159. The number of rotatable bonds is 3. The fourth-order valence-corrected chi connectivity index (χ4v) is 4.28. The number of aromatic amines is 1. The highest BCUT2D eigenvalue weighted by molar-refractivity contribution is 7.98. The lowest BCUT2D eigenvalue weighted by molar-refractivity contribution is 0.884. The van der Waals surface area contributed by atoms with E-state index in [1.165, 1.54) is 18.2 Å². The van der Waals surface area contributed by atoms with Crippen molar-refractivity contribution >= 4 is 23.5 Å². The predicted octanol–water partition coefficient (Wildman–Crippen LogP) is 2.40. The maximum Gasteiger partial charge on any atom is 0.255 e. The molecule has 0 saturated carbocycles. The minimum Gasteiger partial charge on any atom is -0.333 e. The Morgan fingerprint density at radius 3 is 2.86 bits per heavy atom. The molecule has 0 fully saturated rings. The van der Waals surface area contributed by atoms with Crippen LogP contribution in [0.3, 0.4) is 0 Å². The third-order valence-corrected chi connectivity index (χ3v) is 5.29. The van der Waals surface area contributed by atoms with E-state index in [0.717, 1.165) is 34.2 Å². The molecule has 3 N–H and O–H groups in total. The van der Waals surface area contributed by atoms with Gasteiger partial charge in [-0.1, -0.05) is 11.8 Å². The largest absolute Gasteiger partial charge is 0.333 e. The van der Waals surface area contributed by atoms with E-state index in [0.29, 0.717) is 5.16 Å². The van der Waals surface area contributed by atoms with Crippen molar-refractivity contribution in [1.82, 2.24) is 15.0 Å². The minimum atomic E-state index is 0.0159. The molecule has 5 nitrogen and oxygen atoms in total. The fraction of sp³-hybridized carbons (Fsp3) is 0.400. The van der Waals surface area contributed by atoms with E-state index >= 15 is 0 Å². The number of nitrogens with zero attached hydrogens (tertiary/aromatic N) is 2. The molecule has 22 heavy (non-hydrogen) atoms. The van der Waals surface area contributed by atoms with Crippen molar-refractivity contribution in [1.29, 1.82) is 0 Å². The summed E-state index contributed by atoms with van der Waals surface area (Å²) in [7, 11) is 1.50. The predicted molar refractivity (Wildman–Crippen MR) is 93.2 cm³/mol. The number of nitrogens with one attached hydrogen (secondary N) is 1.